The molecule has 0 nitrogen and oxygen atoms in total. The minimum Gasteiger partial charge on any atom is -0.0956 e. The van der Waals surface area contributed by atoms with E-state index in [4.69, 9.17) is 0 Å². The summed E-state index contributed by atoms with van der Waals surface area (Å²) in [7, 11) is 0. The number of hydrogen-bond acceptors (Lipinski definition) is 0. The van der Waals surface area contributed by atoms with Gasteiger partial charge in [-0.05, 0) is 11.5 Å². The van der Waals surface area contributed by atoms with Gasteiger partial charge < -0.3 is 0 Å². The van der Waals surface area contributed by atoms with Gasteiger partial charge in [-0.1, -0.05) is 68.5 Å². The third-order valence-corrected chi connectivity index (χ3v) is 2.03. The van der Waals surface area contributed by atoms with Crippen molar-refractivity contribution < 1.29 is 0 Å². The molecule has 68 valence electrons. The fourth-order valence-electron chi connectivity index (χ4n) is 0.960. The Morgan fingerprint density at radius 2 is 1.85 bits per heavy atom. The Balaban J connectivity index is 2.64. The van der Waals surface area contributed by atoms with Crippen LogP contribution in [0.1, 0.15) is 19.4 Å². The van der Waals surface area contributed by atoms with E-state index < -0.39 is 0 Å². The third kappa shape index (κ3) is 3.29. The van der Waals surface area contributed by atoms with Crippen molar-refractivity contribution in [1.29, 1.82) is 0 Å². The largest absolute Gasteiger partial charge is 0.0956 e. The lowest BCUT2D eigenvalue weighted by molar-refractivity contribution is 0.796. The zero-order valence-electron chi connectivity index (χ0n) is 8.33. The van der Waals surface area contributed by atoms with Crippen molar-refractivity contribution >= 4 is 6.08 Å². The van der Waals surface area contributed by atoms with E-state index in [-0.39, 0.29) is 0 Å². The molecule has 1 aromatic carbocycles. The van der Waals surface area contributed by atoms with Crippen LogP contribution in [0.2, 0.25) is 0 Å². The van der Waals surface area contributed by atoms with E-state index in [1.165, 1.54) is 11.1 Å². The highest BCUT2D eigenvalue weighted by Crippen LogP contribution is 2.10. The van der Waals surface area contributed by atoms with Crippen LogP contribution in [-0.4, -0.2) is 0 Å². The normalized spacial score (nSPS) is 11.0. The van der Waals surface area contributed by atoms with Crippen LogP contribution in [0.5, 0.6) is 0 Å². The topological polar surface area (TPSA) is 0 Å². The van der Waals surface area contributed by atoms with Gasteiger partial charge in [0.1, 0.15) is 0 Å². The van der Waals surface area contributed by atoms with Gasteiger partial charge in [0.25, 0.3) is 0 Å². The van der Waals surface area contributed by atoms with Gasteiger partial charge in [0, 0.05) is 0 Å². The van der Waals surface area contributed by atoms with Crippen molar-refractivity contribution in [3.63, 3.8) is 0 Å². The molecule has 0 atom stereocenters. The van der Waals surface area contributed by atoms with E-state index in [1.807, 2.05) is 18.2 Å². The maximum atomic E-state index is 3.98. The van der Waals surface area contributed by atoms with Crippen LogP contribution >= 0.6 is 0 Å². The van der Waals surface area contributed by atoms with Gasteiger partial charge in [0.15, 0.2) is 0 Å². The molecular formula is C13H16. The molecular weight excluding hydrogens is 156 g/mol. The predicted octanol–water partition coefficient (Wildman–Crippen LogP) is 3.91. The van der Waals surface area contributed by atoms with Gasteiger partial charge in [-0.3, -0.25) is 0 Å². The lowest BCUT2D eigenvalue weighted by atomic mass is 10.0. The van der Waals surface area contributed by atoms with Gasteiger partial charge in [-0.25, -0.2) is 0 Å². The second-order valence-electron chi connectivity index (χ2n) is 3.47. The molecule has 0 bridgehead atoms. The monoisotopic (exact) mass is 172 g/mol. The van der Waals surface area contributed by atoms with Gasteiger partial charge in [-0.2, -0.15) is 0 Å². The Kier molecular flexibility index (Phi) is 3.51. The summed E-state index contributed by atoms with van der Waals surface area (Å²) in [5, 5.41) is 0. The van der Waals surface area contributed by atoms with Gasteiger partial charge >= 0.3 is 0 Å². The first-order valence-corrected chi connectivity index (χ1v) is 4.62. The summed E-state index contributed by atoms with van der Waals surface area (Å²) < 4.78 is 0. The first-order chi connectivity index (χ1) is 6.20. The zero-order chi connectivity index (χ0) is 9.68. The zero-order valence-corrected chi connectivity index (χ0v) is 8.33. The highest BCUT2D eigenvalue weighted by molar-refractivity contribution is 5.52. The van der Waals surface area contributed by atoms with Crippen molar-refractivity contribution in [3.8, 4) is 0 Å². The molecule has 0 spiro atoms. The molecule has 0 heterocycles. The highest BCUT2D eigenvalue weighted by Gasteiger charge is 1.93. The van der Waals surface area contributed by atoms with E-state index in [0.717, 1.165) is 0 Å². The van der Waals surface area contributed by atoms with E-state index >= 15 is 0 Å². The fourth-order valence-corrected chi connectivity index (χ4v) is 0.960. The molecule has 0 saturated carbocycles. The molecule has 13 heavy (non-hydrogen) atoms. The van der Waals surface area contributed by atoms with Crippen molar-refractivity contribution in [3.05, 3.63) is 54.1 Å². The quantitative estimate of drug-likeness (QED) is 0.606. The number of rotatable bonds is 3. The SMILES string of the molecule is C=C(/C=C/c1ccccc1)C(C)C. The Hall–Kier alpha value is -1.30. The molecule has 0 aliphatic carbocycles. The molecule has 0 N–H and O–H groups in total. The lowest BCUT2D eigenvalue weighted by Gasteiger charge is -2.02. The van der Waals surface area contributed by atoms with Crippen molar-refractivity contribution in [2.24, 2.45) is 5.92 Å². The van der Waals surface area contributed by atoms with Gasteiger partial charge in [0.2, 0.25) is 0 Å². The van der Waals surface area contributed by atoms with Crippen molar-refractivity contribution in [1.82, 2.24) is 0 Å². The first-order valence-electron chi connectivity index (χ1n) is 4.62. The summed E-state index contributed by atoms with van der Waals surface area (Å²) in [6.07, 6.45) is 4.18. The van der Waals surface area contributed by atoms with Crippen LogP contribution < -0.4 is 0 Å². The van der Waals surface area contributed by atoms with Crippen LogP contribution in [0.4, 0.5) is 0 Å². The molecule has 0 unspecified atom stereocenters. The lowest BCUT2D eigenvalue weighted by Crippen LogP contribution is -1.86. The number of hydrogen-bond donors (Lipinski definition) is 0. The maximum Gasteiger partial charge on any atom is -0.0225 e. The minimum absolute atomic E-state index is 0.528. The molecule has 0 radical (unpaired) electrons. The molecule has 0 aromatic heterocycles. The second-order valence-corrected chi connectivity index (χ2v) is 3.47. The Labute approximate surface area is 80.6 Å². The smallest absolute Gasteiger partial charge is 0.0225 e. The molecule has 0 aliphatic heterocycles. The maximum absolute atomic E-state index is 3.98. The molecule has 1 rings (SSSR count). The Bertz CT molecular complexity index is 291. The highest BCUT2D eigenvalue weighted by atomic mass is 14.0. The predicted molar refractivity (Wildman–Crippen MR) is 59.5 cm³/mol. The first kappa shape index (κ1) is 9.79. The van der Waals surface area contributed by atoms with Crippen LogP contribution in [0.25, 0.3) is 6.08 Å². The summed E-state index contributed by atoms with van der Waals surface area (Å²) in [5.74, 6) is 0.528. The van der Waals surface area contributed by atoms with E-state index in [1.54, 1.807) is 0 Å². The summed E-state index contributed by atoms with van der Waals surface area (Å²) >= 11 is 0. The third-order valence-electron chi connectivity index (χ3n) is 2.03. The average molecular weight is 172 g/mol. The summed E-state index contributed by atoms with van der Waals surface area (Å²) in [6, 6.07) is 10.3. The fraction of sp³-hybridized carbons (Fsp3) is 0.231. The van der Waals surface area contributed by atoms with Crippen LogP contribution in [0, 0.1) is 5.92 Å². The summed E-state index contributed by atoms with van der Waals surface area (Å²) in [6.45, 7) is 8.28. The molecule has 0 heteroatoms. The van der Waals surface area contributed by atoms with Gasteiger partial charge in [0.05, 0.1) is 0 Å². The van der Waals surface area contributed by atoms with E-state index in [2.05, 4.69) is 44.7 Å². The number of benzene rings is 1. The van der Waals surface area contributed by atoms with Crippen molar-refractivity contribution in [2.45, 2.75) is 13.8 Å². The molecule has 0 fully saturated rings. The van der Waals surface area contributed by atoms with Crippen molar-refractivity contribution in [2.75, 3.05) is 0 Å². The molecule has 0 amide bonds. The summed E-state index contributed by atoms with van der Waals surface area (Å²) in [4.78, 5) is 0. The van der Waals surface area contributed by atoms with Crippen LogP contribution in [0.3, 0.4) is 0 Å². The van der Waals surface area contributed by atoms with Gasteiger partial charge in [-0.15, -0.1) is 0 Å². The number of allylic oxidation sites excluding steroid dienone is 2. The van der Waals surface area contributed by atoms with Crippen LogP contribution in [0.15, 0.2) is 48.6 Å². The summed E-state index contributed by atoms with van der Waals surface area (Å²) in [5.41, 5.74) is 2.40. The van der Waals surface area contributed by atoms with E-state index in [0.29, 0.717) is 5.92 Å². The van der Waals surface area contributed by atoms with Crippen LogP contribution in [-0.2, 0) is 0 Å². The Morgan fingerprint density at radius 1 is 1.23 bits per heavy atom. The standard InChI is InChI=1S/C13H16/c1-11(2)12(3)9-10-13-7-5-4-6-8-13/h4-11H,3H2,1-2H3/b10-9+. The minimum atomic E-state index is 0.528. The molecule has 0 saturated heterocycles. The average Bonchev–Trinajstić information content (AvgIpc) is 2.15. The molecule has 0 aliphatic rings. The Morgan fingerprint density at radius 3 is 2.38 bits per heavy atom. The van der Waals surface area contributed by atoms with E-state index in [9.17, 15) is 0 Å². The molecule has 1 aromatic rings. The second kappa shape index (κ2) is 4.66.